The van der Waals surface area contributed by atoms with Crippen LogP contribution in [-0.2, 0) is 20.8 Å². The van der Waals surface area contributed by atoms with Gasteiger partial charge in [0.1, 0.15) is 11.9 Å². The molecule has 13 heteroatoms. The van der Waals surface area contributed by atoms with E-state index in [1.807, 2.05) is 33.9 Å². The Morgan fingerprint density at radius 1 is 1.24 bits per heavy atom. The Labute approximate surface area is 245 Å². The molecular weight excluding hydrogens is 551 g/mol. The first kappa shape index (κ1) is 36.1. The average Bonchev–Trinajstić information content (AvgIpc) is 3.20. The number of aryl methyl sites for hydroxylation is 1. The summed E-state index contributed by atoms with van der Waals surface area (Å²) < 4.78 is 35.8. The Bertz CT molecular complexity index is 1230. The molecule has 3 heterocycles. The van der Waals surface area contributed by atoms with Gasteiger partial charge in [-0.15, -0.1) is 0 Å². The molecule has 2 aromatic rings. The summed E-state index contributed by atoms with van der Waals surface area (Å²) in [4.78, 5) is 42.5. The summed E-state index contributed by atoms with van der Waals surface area (Å²) in [5.41, 5.74) is 0.985. The lowest BCUT2D eigenvalue weighted by Crippen LogP contribution is -2.44. The van der Waals surface area contributed by atoms with E-state index in [9.17, 15) is 27.6 Å². The van der Waals surface area contributed by atoms with Gasteiger partial charge in [0.25, 0.3) is 0 Å². The molecule has 3 N–H and O–H groups in total. The Hall–Kier alpha value is -3.95. The summed E-state index contributed by atoms with van der Waals surface area (Å²) in [5, 5.41) is 18.0. The quantitative estimate of drug-likeness (QED) is 0.392. The van der Waals surface area contributed by atoms with Crippen molar-refractivity contribution in [3.63, 3.8) is 0 Å². The minimum Gasteiger partial charge on any atom is -0.373 e. The summed E-state index contributed by atoms with van der Waals surface area (Å²) in [6.45, 7) is 12.9. The second-order valence-corrected chi connectivity index (χ2v) is 11.4. The fourth-order valence-electron chi connectivity index (χ4n) is 3.87. The number of pyridine rings is 2. The lowest BCUT2D eigenvalue weighted by atomic mass is 9.84. The van der Waals surface area contributed by atoms with Gasteiger partial charge in [-0.1, -0.05) is 41.5 Å². The summed E-state index contributed by atoms with van der Waals surface area (Å²) in [5.74, 6) is -0.667. The second-order valence-electron chi connectivity index (χ2n) is 11.4. The number of fused-ring (bicyclic) bond motifs is 1. The molecule has 1 fully saturated rings. The number of halogens is 3. The van der Waals surface area contributed by atoms with Crippen LogP contribution in [0.4, 0.5) is 19.0 Å². The molecule has 1 aliphatic heterocycles. The van der Waals surface area contributed by atoms with E-state index in [0.29, 0.717) is 32.3 Å². The fourth-order valence-corrected chi connectivity index (χ4v) is 3.87. The normalized spacial score (nSPS) is 16.2. The first-order valence-electron chi connectivity index (χ1n) is 13.7. The van der Waals surface area contributed by atoms with Crippen LogP contribution in [0.5, 0.6) is 0 Å². The predicted molar refractivity (Wildman–Crippen MR) is 155 cm³/mol. The molecule has 1 aliphatic rings. The summed E-state index contributed by atoms with van der Waals surface area (Å²) in [6, 6.07) is 3.54. The van der Waals surface area contributed by atoms with E-state index in [0.717, 1.165) is 28.1 Å². The molecule has 0 bridgehead atoms. The SMILES string of the molecule is CC(C)C.CNc1cc2c(CCC(C#N)NC=O)cncc2cn1.C[C@H]1CN(C(=O)CNC(=O)C(F)(F)F)CC1(C)C. The van der Waals surface area contributed by atoms with Crippen LogP contribution in [0.15, 0.2) is 24.7 Å². The Morgan fingerprint density at radius 3 is 2.38 bits per heavy atom. The Morgan fingerprint density at radius 2 is 1.88 bits per heavy atom. The second kappa shape index (κ2) is 16.5. The van der Waals surface area contributed by atoms with Crippen molar-refractivity contribution in [3.8, 4) is 6.07 Å². The van der Waals surface area contributed by atoms with Gasteiger partial charge in [-0.2, -0.15) is 18.4 Å². The number of carbonyl (C=O) groups is 3. The standard InChI is InChI=1S/C14H15N5O.C11H17F3N2O2.C4H10/c1-16-14-4-13-10(2-3-12(5-15)19-9-20)6-17-7-11(13)8-18-14;1-7-5-16(6-10(7,2)3)8(17)4-15-9(18)11(12,13)14;1-4(2)3/h4,6-9,12H,2-3H2,1H3,(H,16,18)(H,19,20);7H,4-6H2,1-3H3,(H,15,18);4H,1-3H3/t;7-;/m.0./s1. The van der Waals surface area contributed by atoms with Gasteiger partial charge in [0, 0.05) is 44.1 Å². The first-order chi connectivity index (χ1) is 19.5. The highest BCUT2D eigenvalue weighted by Gasteiger charge is 2.41. The molecule has 0 aliphatic carbocycles. The number of nitrogens with zero attached hydrogens (tertiary/aromatic N) is 4. The predicted octanol–water partition coefficient (Wildman–Crippen LogP) is 4.07. The highest BCUT2D eigenvalue weighted by Crippen LogP contribution is 2.34. The summed E-state index contributed by atoms with van der Waals surface area (Å²) in [7, 11) is 1.81. The molecule has 2 aromatic heterocycles. The van der Waals surface area contributed by atoms with Gasteiger partial charge in [-0.05, 0) is 47.1 Å². The Balaban J connectivity index is 0.000000375. The fraction of sp³-hybridized carbons (Fsp3) is 0.586. The van der Waals surface area contributed by atoms with Crippen LogP contribution in [0.3, 0.4) is 0 Å². The highest BCUT2D eigenvalue weighted by atomic mass is 19.4. The van der Waals surface area contributed by atoms with Crippen molar-refractivity contribution >= 4 is 34.8 Å². The molecule has 1 unspecified atom stereocenters. The van der Waals surface area contributed by atoms with Crippen molar-refractivity contribution in [1.82, 2.24) is 25.5 Å². The van der Waals surface area contributed by atoms with Crippen molar-refractivity contribution in [2.75, 3.05) is 32.0 Å². The Kier molecular flexibility index (Phi) is 14.2. The topological polar surface area (TPSA) is 140 Å². The molecule has 10 nitrogen and oxygen atoms in total. The van der Waals surface area contributed by atoms with Crippen LogP contribution >= 0.6 is 0 Å². The number of alkyl halides is 3. The number of rotatable bonds is 8. The number of anilines is 1. The van der Waals surface area contributed by atoms with E-state index in [1.165, 1.54) is 4.90 Å². The monoisotopic (exact) mass is 593 g/mol. The third-order valence-electron chi connectivity index (χ3n) is 6.55. The van der Waals surface area contributed by atoms with Crippen LogP contribution in [0, 0.1) is 28.6 Å². The van der Waals surface area contributed by atoms with Crippen LogP contribution in [0.2, 0.25) is 0 Å². The third-order valence-corrected chi connectivity index (χ3v) is 6.55. The molecule has 0 aromatic carbocycles. The molecule has 0 spiro atoms. The molecule has 3 amide bonds. The lowest BCUT2D eigenvalue weighted by molar-refractivity contribution is -0.174. The van der Waals surface area contributed by atoms with Gasteiger partial charge in [-0.3, -0.25) is 19.4 Å². The molecule has 232 valence electrons. The maximum atomic E-state index is 11.9. The number of amides is 3. The minimum absolute atomic E-state index is 0.0519. The molecular formula is C29H42F3N7O3. The van der Waals surface area contributed by atoms with Gasteiger partial charge in [0.2, 0.25) is 12.3 Å². The maximum absolute atomic E-state index is 11.9. The first-order valence-corrected chi connectivity index (χ1v) is 13.7. The van der Waals surface area contributed by atoms with E-state index in [4.69, 9.17) is 5.26 Å². The van der Waals surface area contributed by atoms with Crippen molar-refractivity contribution < 1.29 is 27.6 Å². The minimum atomic E-state index is -4.95. The number of nitrogens with one attached hydrogen (secondary N) is 3. The lowest BCUT2D eigenvalue weighted by Gasteiger charge is -2.22. The van der Waals surface area contributed by atoms with Gasteiger partial charge >= 0.3 is 12.1 Å². The number of carbonyl (C=O) groups excluding carboxylic acids is 3. The number of likely N-dealkylation sites (tertiary alicyclic amines) is 1. The van der Waals surface area contributed by atoms with Crippen LogP contribution in [-0.4, -0.2) is 72.0 Å². The van der Waals surface area contributed by atoms with Gasteiger partial charge in [-0.25, -0.2) is 4.98 Å². The highest BCUT2D eigenvalue weighted by molar-refractivity contribution is 5.87. The van der Waals surface area contributed by atoms with Gasteiger partial charge in [0.15, 0.2) is 0 Å². The van der Waals surface area contributed by atoms with Gasteiger partial charge < -0.3 is 20.9 Å². The van der Waals surface area contributed by atoms with E-state index in [2.05, 4.69) is 47.4 Å². The maximum Gasteiger partial charge on any atom is 0.471 e. The van der Waals surface area contributed by atoms with E-state index >= 15 is 0 Å². The number of nitriles is 1. The molecule has 0 radical (unpaired) electrons. The summed E-state index contributed by atoms with van der Waals surface area (Å²) in [6.07, 6.45) is 2.14. The largest absolute Gasteiger partial charge is 0.471 e. The van der Waals surface area contributed by atoms with E-state index in [1.54, 1.807) is 23.9 Å². The third kappa shape index (κ3) is 11.9. The molecule has 2 atom stereocenters. The number of hydrogen-bond acceptors (Lipinski definition) is 7. The van der Waals surface area contributed by atoms with Gasteiger partial charge in [0.05, 0.1) is 12.6 Å². The van der Waals surface area contributed by atoms with Crippen LogP contribution < -0.4 is 16.0 Å². The smallest absolute Gasteiger partial charge is 0.373 e. The average molecular weight is 594 g/mol. The molecule has 3 rings (SSSR count). The van der Waals surface area contributed by atoms with Crippen LogP contribution in [0.25, 0.3) is 10.8 Å². The zero-order valence-corrected chi connectivity index (χ0v) is 25.3. The molecule has 42 heavy (non-hydrogen) atoms. The zero-order chi connectivity index (χ0) is 32.1. The van der Waals surface area contributed by atoms with E-state index < -0.39 is 30.6 Å². The van der Waals surface area contributed by atoms with Crippen molar-refractivity contribution in [1.29, 1.82) is 5.26 Å². The number of hydrogen-bond donors (Lipinski definition) is 3. The zero-order valence-electron chi connectivity index (χ0n) is 25.3. The molecule has 1 saturated heterocycles. The van der Waals surface area contributed by atoms with E-state index in [-0.39, 0.29) is 11.3 Å². The number of aromatic nitrogens is 2. The van der Waals surface area contributed by atoms with Crippen LogP contribution in [0.1, 0.15) is 53.5 Å². The van der Waals surface area contributed by atoms with Crippen molar-refractivity contribution in [2.24, 2.45) is 17.3 Å². The molecule has 0 saturated carbocycles. The van der Waals surface area contributed by atoms with Crippen molar-refractivity contribution in [2.45, 2.75) is 66.6 Å². The summed E-state index contributed by atoms with van der Waals surface area (Å²) >= 11 is 0. The van der Waals surface area contributed by atoms with Crippen molar-refractivity contribution in [3.05, 3.63) is 30.2 Å².